The summed E-state index contributed by atoms with van der Waals surface area (Å²) >= 11 is 1.59. The van der Waals surface area contributed by atoms with E-state index in [1.807, 2.05) is 36.4 Å². The second-order valence-electron chi connectivity index (χ2n) is 8.23. The minimum atomic E-state index is -4.35. The molecule has 3 aromatic carbocycles. The third kappa shape index (κ3) is 5.38. The van der Waals surface area contributed by atoms with Crippen LogP contribution in [0.1, 0.15) is 40.7 Å². The van der Waals surface area contributed by atoms with Gasteiger partial charge in [0.05, 0.1) is 18.7 Å². The number of ether oxygens (including phenoxy) is 1. The summed E-state index contributed by atoms with van der Waals surface area (Å²) in [6.45, 7) is 1.44. The van der Waals surface area contributed by atoms with Crippen molar-refractivity contribution < 1.29 is 27.1 Å². The van der Waals surface area contributed by atoms with Crippen LogP contribution in [0, 0.1) is 11.7 Å². The van der Waals surface area contributed by atoms with Gasteiger partial charge < -0.3 is 10.1 Å². The molecule has 2 atom stereocenters. The van der Waals surface area contributed by atoms with Gasteiger partial charge in [-0.2, -0.15) is 13.2 Å². The van der Waals surface area contributed by atoms with Gasteiger partial charge in [0.15, 0.2) is 5.78 Å². The van der Waals surface area contributed by atoms with Gasteiger partial charge in [0.1, 0.15) is 11.6 Å². The van der Waals surface area contributed by atoms with Crippen LogP contribution in [0.2, 0.25) is 0 Å². The molecule has 0 heterocycles. The lowest BCUT2D eigenvalue weighted by atomic mass is 10.1. The Morgan fingerprint density at radius 3 is 2.44 bits per heavy atom. The van der Waals surface area contributed by atoms with E-state index in [4.69, 9.17) is 4.74 Å². The van der Waals surface area contributed by atoms with E-state index in [1.165, 1.54) is 20.1 Å². The van der Waals surface area contributed by atoms with E-state index in [9.17, 15) is 22.4 Å². The Kier molecular flexibility index (Phi) is 6.89. The van der Waals surface area contributed by atoms with E-state index < -0.39 is 23.8 Å². The number of benzene rings is 3. The largest absolute Gasteiger partial charge is 0.495 e. The number of ketones is 1. The predicted octanol–water partition coefficient (Wildman–Crippen LogP) is 7.74. The zero-order valence-electron chi connectivity index (χ0n) is 18.6. The number of rotatable bonds is 8. The Morgan fingerprint density at radius 1 is 1.09 bits per heavy atom. The zero-order chi connectivity index (χ0) is 24.5. The van der Waals surface area contributed by atoms with Crippen LogP contribution in [0.15, 0.2) is 65.6 Å². The lowest BCUT2D eigenvalue weighted by Crippen LogP contribution is -2.12. The van der Waals surface area contributed by atoms with Gasteiger partial charge in [0.2, 0.25) is 0 Å². The van der Waals surface area contributed by atoms with Gasteiger partial charge in [0, 0.05) is 28.0 Å². The summed E-state index contributed by atoms with van der Waals surface area (Å²) in [5, 5.41) is 3.03. The van der Waals surface area contributed by atoms with Crippen molar-refractivity contribution in [2.45, 2.75) is 36.1 Å². The molecule has 1 N–H and O–H groups in total. The van der Waals surface area contributed by atoms with Crippen LogP contribution in [0.4, 0.5) is 28.9 Å². The first-order valence-corrected chi connectivity index (χ1v) is 11.7. The predicted molar refractivity (Wildman–Crippen MR) is 126 cm³/mol. The molecular weight excluding hydrogens is 466 g/mol. The molecule has 0 spiro atoms. The fraction of sp³-hybridized carbons (Fsp3) is 0.269. The summed E-state index contributed by atoms with van der Waals surface area (Å²) in [6.07, 6.45) is -4.48. The molecule has 1 saturated carbocycles. The normalized spacial score (nSPS) is 17.4. The topological polar surface area (TPSA) is 38.3 Å². The molecule has 1 fully saturated rings. The van der Waals surface area contributed by atoms with Crippen molar-refractivity contribution in [2.24, 2.45) is 5.92 Å². The molecule has 34 heavy (non-hydrogen) atoms. The van der Waals surface area contributed by atoms with Crippen LogP contribution in [0.3, 0.4) is 0 Å². The maximum atomic E-state index is 14.8. The number of halogens is 4. The molecule has 0 saturated heterocycles. The summed E-state index contributed by atoms with van der Waals surface area (Å²) in [5.74, 6) is -2.40. The average Bonchev–Trinajstić information content (AvgIpc) is 3.60. The minimum absolute atomic E-state index is 0.0100. The molecule has 3 nitrogen and oxygen atoms in total. The summed E-state index contributed by atoms with van der Waals surface area (Å²) < 4.78 is 59.0. The molecule has 0 unspecified atom stereocenters. The van der Waals surface area contributed by atoms with Gasteiger partial charge in [-0.25, -0.2) is 4.39 Å². The summed E-state index contributed by atoms with van der Waals surface area (Å²) in [6, 6.07) is 17.7. The third-order valence-electron chi connectivity index (χ3n) is 5.82. The smallest absolute Gasteiger partial charge is 0.392 e. The fourth-order valence-electron chi connectivity index (χ4n) is 3.92. The van der Waals surface area contributed by atoms with Crippen molar-refractivity contribution in [1.82, 2.24) is 0 Å². The van der Waals surface area contributed by atoms with Crippen molar-refractivity contribution in [3.8, 4) is 5.75 Å². The number of carbonyl (C=O) groups is 1. The van der Waals surface area contributed by atoms with Crippen LogP contribution in [-0.2, 0) is 5.75 Å². The molecule has 1 aliphatic rings. The quantitative estimate of drug-likeness (QED) is 0.200. The highest BCUT2D eigenvalue weighted by Crippen LogP contribution is 2.57. The van der Waals surface area contributed by atoms with Crippen molar-refractivity contribution in [3.63, 3.8) is 0 Å². The Morgan fingerprint density at radius 2 is 1.82 bits per heavy atom. The van der Waals surface area contributed by atoms with Gasteiger partial charge in [0.25, 0.3) is 0 Å². The van der Waals surface area contributed by atoms with Gasteiger partial charge in [-0.3, -0.25) is 4.79 Å². The van der Waals surface area contributed by atoms with E-state index in [2.05, 4.69) is 5.32 Å². The van der Waals surface area contributed by atoms with Crippen molar-refractivity contribution >= 4 is 28.9 Å². The number of alkyl halides is 3. The monoisotopic (exact) mass is 489 g/mol. The number of carbonyl (C=O) groups excluding carboxylic acids is 1. The van der Waals surface area contributed by atoms with Gasteiger partial charge >= 0.3 is 6.18 Å². The van der Waals surface area contributed by atoms with Crippen LogP contribution in [-0.4, -0.2) is 19.1 Å². The number of methoxy groups -OCH3 is 1. The maximum Gasteiger partial charge on any atom is 0.392 e. The second-order valence-corrected chi connectivity index (χ2v) is 9.28. The highest BCUT2D eigenvalue weighted by molar-refractivity contribution is 7.98. The molecule has 4 rings (SSSR count). The minimum Gasteiger partial charge on any atom is -0.495 e. The molecule has 3 aromatic rings. The van der Waals surface area contributed by atoms with Gasteiger partial charge in [-0.1, -0.05) is 30.3 Å². The molecule has 1 aliphatic carbocycles. The van der Waals surface area contributed by atoms with Crippen molar-refractivity contribution in [2.75, 3.05) is 12.4 Å². The van der Waals surface area contributed by atoms with Gasteiger partial charge in [-0.05, 0) is 54.7 Å². The molecule has 0 aliphatic heterocycles. The summed E-state index contributed by atoms with van der Waals surface area (Å²) in [7, 11) is 1.37. The van der Waals surface area contributed by atoms with Crippen LogP contribution >= 0.6 is 11.8 Å². The second kappa shape index (κ2) is 9.70. The molecule has 8 heteroatoms. The first-order valence-electron chi connectivity index (χ1n) is 10.7. The zero-order valence-corrected chi connectivity index (χ0v) is 19.4. The summed E-state index contributed by atoms with van der Waals surface area (Å²) in [4.78, 5) is 13.2. The summed E-state index contributed by atoms with van der Waals surface area (Å²) in [5.41, 5.74) is 2.26. The Bertz CT molecular complexity index is 1200. The highest BCUT2D eigenvalue weighted by Gasteiger charge is 2.56. The van der Waals surface area contributed by atoms with E-state index >= 15 is 0 Å². The lowest BCUT2D eigenvalue weighted by Gasteiger charge is -2.16. The number of hydrogen-bond donors (Lipinski definition) is 1. The standard InChI is InChI=1S/C26H23F4NO2S/c1-15(32)18-10-17(34-14-16-6-4-3-5-7-16)8-9-23(18)31-24-13-22(27)20(12-25(24)33-2)19-11-21(19)26(28,29)30/h3-10,12-13,19,21,31H,11,14H2,1-2H3/t19-,21+/m0/s1. The van der Waals surface area contributed by atoms with Crippen molar-refractivity contribution in [1.29, 1.82) is 0 Å². The Hall–Kier alpha value is -3.00. The fourth-order valence-corrected chi connectivity index (χ4v) is 4.81. The molecule has 178 valence electrons. The Balaban J connectivity index is 1.56. The van der Waals surface area contributed by atoms with E-state index in [-0.39, 0.29) is 29.2 Å². The van der Waals surface area contributed by atoms with E-state index in [0.29, 0.717) is 11.3 Å². The lowest BCUT2D eigenvalue weighted by molar-refractivity contribution is -0.148. The van der Waals surface area contributed by atoms with Gasteiger partial charge in [-0.15, -0.1) is 11.8 Å². The van der Waals surface area contributed by atoms with Crippen LogP contribution in [0.25, 0.3) is 0 Å². The van der Waals surface area contributed by atoms with Crippen LogP contribution in [0.5, 0.6) is 5.75 Å². The van der Waals surface area contributed by atoms with E-state index in [1.54, 1.807) is 23.9 Å². The van der Waals surface area contributed by atoms with Crippen LogP contribution < -0.4 is 10.1 Å². The highest BCUT2D eigenvalue weighted by atomic mass is 32.2. The van der Waals surface area contributed by atoms with E-state index in [0.717, 1.165) is 22.3 Å². The number of nitrogens with one attached hydrogen (secondary N) is 1. The molecule has 0 amide bonds. The Labute approximate surface area is 199 Å². The number of Topliss-reactive ketones (excluding diaryl/α,β-unsaturated/α-hetero) is 1. The maximum absolute atomic E-state index is 14.8. The number of hydrogen-bond acceptors (Lipinski definition) is 4. The SMILES string of the molecule is COc1cc([C@@H]2C[C@H]2C(F)(F)F)c(F)cc1Nc1ccc(SCc2ccccc2)cc1C(C)=O. The molecule has 0 radical (unpaired) electrons. The average molecular weight is 490 g/mol. The molecule has 0 aromatic heterocycles. The molecular formula is C26H23F4NO2S. The number of anilines is 2. The first-order chi connectivity index (χ1) is 16.2. The third-order valence-corrected chi connectivity index (χ3v) is 6.88. The molecule has 0 bridgehead atoms. The number of thioether (sulfide) groups is 1. The van der Waals surface area contributed by atoms with Crippen molar-refractivity contribution in [3.05, 3.63) is 83.2 Å². The first kappa shape index (κ1) is 24.1.